The monoisotopic (exact) mass is 493 g/mol. The molecule has 0 saturated carbocycles. The zero-order chi connectivity index (χ0) is 26.4. The molecule has 0 atom stereocenters. The van der Waals surface area contributed by atoms with Gasteiger partial charge in [0.2, 0.25) is 11.1 Å². The van der Waals surface area contributed by atoms with Gasteiger partial charge in [0.25, 0.3) is 0 Å². The smallest absolute Gasteiger partial charge is 0.345 e. The molecule has 0 aliphatic carbocycles. The topological polar surface area (TPSA) is 87.5 Å². The first-order valence-electron chi connectivity index (χ1n) is 13.1. The summed E-state index contributed by atoms with van der Waals surface area (Å²) in [5, 5.41) is 9.87. The molecule has 7 nitrogen and oxygen atoms in total. The minimum absolute atomic E-state index is 0.0783. The average Bonchev–Trinajstić information content (AvgIpc) is 3.21. The van der Waals surface area contributed by atoms with Gasteiger partial charge in [0.1, 0.15) is 5.82 Å². The van der Waals surface area contributed by atoms with Crippen LogP contribution >= 0.6 is 0 Å². The highest BCUT2D eigenvalue weighted by Gasteiger charge is 2.27. The highest BCUT2D eigenvalue weighted by Crippen LogP contribution is 2.28. The van der Waals surface area contributed by atoms with Crippen LogP contribution in [0.4, 0.5) is 0 Å². The number of carboxylic acids is 1. The first-order chi connectivity index (χ1) is 17.3. The molecule has 194 valence electrons. The predicted molar refractivity (Wildman–Crippen MR) is 146 cm³/mol. The van der Waals surface area contributed by atoms with E-state index >= 15 is 0 Å². The number of benzene rings is 1. The number of aromatic carboxylic acids is 1. The maximum Gasteiger partial charge on any atom is 0.345 e. The van der Waals surface area contributed by atoms with Crippen LogP contribution in [0, 0.1) is 5.92 Å². The lowest BCUT2D eigenvalue weighted by atomic mass is 10.0. The molecule has 4 rings (SSSR count). The van der Waals surface area contributed by atoms with Crippen molar-refractivity contribution < 1.29 is 14.3 Å². The minimum atomic E-state index is -1.30. The number of pyridine rings is 1. The number of aryl methyl sites for hydroxylation is 1. The van der Waals surface area contributed by atoms with Crippen molar-refractivity contribution in [1.29, 1.82) is 0 Å². The van der Waals surface area contributed by atoms with Gasteiger partial charge in [-0.2, -0.15) is 0 Å². The fourth-order valence-corrected chi connectivity index (χ4v) is 4.76. The van der Waals surface area contributed by atoms with E-state index in [1.54, 1.807) is 16.7 Å². The number of nitrogens with zero attached hydrogens (tertiary/aromatic N) is 3. The summed E-state index contributed by atoms with van der Waals surface area (Å²) in [4.78, 5) is 32.6. The van der Waals surface area contributed by atoms with Gasteiger partial charge < -0.3 is 14.4 Å². The number of hydrogen-bond donors (Lipinski definition) is 1. The molecule has 0 amide bonds. The summed E-state index contributed by atoms with van der Waals surface area (Å²) in [7, 11) is 0. The molecule has 0 fully saturated rings. The first-order valence-corrected chi connectivity index (χ1v) is 13.1. The molecule has 3 aromatic rings. The molecule has 0 saturated heterocycles. The number of para-hydroxylation sites is 2. The van der Waals surface area contributed by atoms with Crippen molar-refractivity contribution in [1.82, 2.24) is 9.30 Å². The molecule has 0 bridgehead atoms. The molecule has 1 aliphatic rings. The van der Waals surface area contributed by atoms with Gasteiger partial charge in [-0.05, 0) is 62.7 Å². The van der Waals surface area contributed by atoms with Crippen LogP contribution in [0.1, 0.15) is 88.8 Å². The molecule has 0 unspecified atom stereocenters. The molecule has 3 heterocycles. The van der Waals surface area contributed by atoms with Gasteiger partial charge in [-0.15, -0.1) is 0 Å². The third kappa shape index (κ3) is 5.40. The Morgan fingerprint density at radius 1 is 1.19 bits per heavy atom. The van der Waals surface area contributed by atoms with Crippen LogP contribution in [0.2, 0.25) is 0 Å². The molecular formula is C29H39N3O4. The Hall–Kier alpha value is -3.35. The molecule has 1 N–H and O–H groups in total. The number of aromatic nitrogens is 1. The Balaban J connectivity index is 0.00000176. The largest absolute Gasteiger partial charge is 0.477 e. The fourth-order valence-electron chi connectivity index (χ4n) is 4.76. The number of oxazole rings is 1. The minimum Gasteiger partial charge on any atom is -0.477 e. The number of carbonyl (C=O) groups is 1. The number of hydrogen-bond acceptors (Lipinski definition) is 5. The van der Waals surface area contributed by atoms with E-state index in [0.29, 0.717) is 23.5 Å². The van der Waals surface area contributed by atoms with Crippen molar-refractivity contribution >= 4 is 29.0 Å². The van der Waals surface area contributed by atoms with E-state index in [1.165, 1.54) is 0 Å². The Labute approximate surface area is 213 Å². The van der Waals surface area contributed by atoms with Crippen molar-refractivity contribution in [2.45, 2.75) is 73.6 Å². The normalized spacial score (nSPS) is 16.3. The van der Waals surface area contributed by atoms with Gasteiger partial charge in [0.15, 0.2) is 11.1 Å². The SMILES string of the molecule is CC.CCCN(CCCC(C)C)C1=C(/C)CCc2c(c(=O)c(C(=O)O)c3oc4ccccc4n23)/C=N\1. The Bertz CT molecular complexity index is 1340. The highest BCUT2D eigenvalue weighted by molar-refractivity contribution is 5.98. The number of allylic oxidation sites excluding steroid dienone is 1. The highest BCUT2D eigenvalue weighted by atomic mass is 16.4. The van der Waals surface area contributed by atoms with Gasteiger partial charge >= 0.3 is 5.97 Å². The van der Waals surface area contributed by atoms with E-state index in [-0.39, 0.29) is 11.3 Å². The third-order valence-electron chi connectivity index (χ3n) is 6.43. The second-order valence-corrected chi connectivity index (χ2v) is 9.47. The Morgan fingerprint density at radius 3 is 2.58 bits per heavy atom. The van der Waals surface area contributed by atoms with Gasteiger partial charge in [0.05, 0.1) is 11.1 Å². The molecule has 1 aliphatic heterocycles. The van der Waals surface area contributed by atoms with Crippen molar-refractivity contribution in [2.24, 2.45) is 10.9 Å². The van der Waals surface area contributed by atoms with E-state index in [2.05, 4.69) is 32.6 Å². The molecule has 1 aromatic carbocycles. The van der Waals surface area contributed by atoms with Crippen molar-refractivity contribution in [3.8, 4) is 0 Å². The summed E-state index contributed by atoms with van der Waals surface area (Å²) in [5.74, 6) is 0.246. The zero-order valence-corrected chi connectivity index (χ0v) is 22.4. The predicted octanol–water partition coefficient (Wildman–Crippen LogP) is 6.51. The summed E-state index contributed by atoms with van der Waals surface area (Å²) < 4.78 is 7.65. The van der Waals surface area contributed by atoms with Crippen LogP contribution in [0.3, 0.4) is 0 Å². The van der Waals surface area contributed by atoms with Gasteiger partial charge in [-0.3, -0.25) is 9.20 Å². The van der Waals surface area contributed by atoms with Gasteiger partial charge in [-0.25, -0.2) is 9.79 Å². The van der Waals surface area contributed by atoms with E-state index in [1.807, 2.05) is 32.0 Å². The lowest BCUT2D eigenvalue weighted by Gasteiger charge is -2.27. The second-order valence-electron chi connectivity index (χ2n) is 9.47. The summed E-state index contributed by atoms with van der Waals surface area (Å²) in [6, 6.07) is 7.37. The van der Waals surface area contributed by atoms with Crippen LogP contribution in [-0.4, -0.2) is 39.7 Å². The van der Waals surface area contributed by atoms with E-state index in [0.717, 1.165) is 61.4 Å². The quantitative estimate of drug-likeness (QED) is 0.386. The van der Waals surface area contributed by atoms with Crippen molar-refractivity contribution in [3.63, 3.8) is 0 Å². The maximum atomic E-state index is 13.4. The average molecular weight is 494 g/mol. The van der Waals surface area contributed by atoms with Crippen LogP contribution in [0.25, 0.3) is 16.8 Å². The van der Waals surface area contributed by atoms with Crippen LogP contribution in [-0.2, 0) is 6.42 Å². The standard InChI is InChI=1S/C27H33N3O4.C2H6/c1-5-14-29(15-8-9-17(2)3)25-18(4)12-13-20-19(16-28-25)24(31)23(27(32)33)26-30(20)21-10-6-7-11-22(21)34-26;1-2/h6-7,10-11,16-17H,5,8-9,12-15H2,1-4H3,(H,32,33);1-2H3/b25-18-,28-16-;. The van der Waals surface area contributed by atoms with Crippen molar-refractivity contribution in [2.75, 3.05) is 13.1 Å². The second kappa shape index (κ2) is 12.1. The Morgan fingerprint density at radius 2 is 1.92 bits per heavy atom. The molecule has 0 spiro atoms. The fraction of sp³-hybridized carbons (Fsp3) is 0.483. The summed E-state index contributed by atoms with van der Waals surface area (Å²) in [6.07, 6.45) is 6.10. The van der Waals surface area contributed by atoms with Crippen molar-refractivity contribution in [3.05, 3.63) is 62.7 Å². The zero-order valence-electron chi connectivity index (χ0n) is 22.4. The van der Waals surface area contributed by atoms with Gasteiger partial charge in [0, 0.05) is 25.0 Å². The number of fused-ring (bicyclic) bond motifs is 5. The van der Waals surface area contributed by atoms with Crippen LogP contribution < -0.4 is 5.43 Å². The first kappa shape index (κ1) is 27.2. The van der Waals surface area contributed by atoms with Crippen LogP contribution in [0.5, 0.6) is 0 Å². The molecule has 2 aromatic heterocycles. The van der Waals surface area contributed by atoms with E-state index in [9.17, 15) is 14.7 Å². The number of carboxylic acid groups (broad SMARTS) is 1. The molecule has 0 radical (unpaired) electrons. The van der Waals surface area contributed by atoms with Crippen LogP contribution in [0.15, 0.2) is 49.9 Å². The van der Waals surface area contributed by atoms with E-state index in [4.69, 9.17) is 9.41 Å². The summed E-state index contributed by atoms with van der Waals surface area (Å²) >= 11 is 0. The number of rotatable bonds is 8. The molecule has 7 heteroatoms. The lowest BCUT2D eigenvalue weighted by molar-refractivity contribution is 0.0696. The number of aliphatic imine (C=N–C) groups is 1. The lowest BCUT2D eigenvalue weighted by Crippen LogP contribution is -2.28. The summed E-state index contributed by atoms with van der Waals surface area (Å²) in [6.45, 7) is 14.5. The van der Waals surface area contributed by atoms with E-state index < -0.39 is 11.4 Å². The molecule has 36 heavy (non-hydrogen) atoms. The summed E-state index contributed by atoms with van der Waals surface area (Å²) in [5.41, 5.74) is 2.69. The molecular weight excluding hydrogens is 454 g/mol. The Kier molecular flexibility index (Phi) is 9.13. The maximum absolute atomic E-state index is 13.4. The van der Waals surface area contributed by atoms with Gasteiger partial charge in [-0.1, -0.05) is 46.8 Å². The third-order valence-corrected chi connectivity index (χ3v) is 6.43.